The highest BCUT2D eigenvalue weighted by Crippen LogP contribution is 2.54. The van der Waals surface area contributed by atoms with Crippen molar-refractivity contribution in [2.24, 2.45) is 0 Å². The molecular weight excluding hydrogens is 237 g/mol. The topological polar surface area (TPSA) is 3.24 Å². The van der Waals surface area contributed by atoms with Gasteiger partial charge in [-0.05, 0) is 25.8 Å². The van der Waals surface area contributed by atoms with Gasteiger partial charge in [0.2, 0.25) is 0 Å². The van der Waals surface area contributed by atoms with Gasteiger partial charge in [-0.3, -0.25) is 0 Å². The van der Waals surface area contributed by atoms with E-state index in [-0.39, 0.29) is 0 Å². The van der Waals surface area contributed by atoms with Crippen LogP contribution in [0, 0.1) is 0 Å². The van der Waals surface area contributed by atoms with Crippen molar-refractivity contribution < 1.29 is 0 Å². The first-order valence-electron chi connectivity index (χ1n) is 4.68. The van der Waals surface area contributed by atoms with E-state index in [2.05, 4.69) is 50.2 Å². The van der Waals surface area contributed by atoms with E-state index < -0.39 is 4.44 Å². The molecule has 0 radical (unpaired) electrons. The first kappa shape index (κ1) is 16.7. The van der Waals surface area contributed by atoms with Crippen molar-refractivity contribution in [2.75, 3.05) is 25.8 Å². The zero-order valence-electron chi connectivity index (χ0n) is 9.03. The lowest BCUT2D eigenvalue weighted by Crippen LogP contribution is -2.21. The van der Waals surface area contributed by atoms with Gasteiger partial charge >= 0.3 is 0 Å². The summed E-state index contributed by atoms with van der Waals surface area (Å²) in [5.74, 6) is 0. The molecule has 0 aliphatic heterocycles. The minimum atomic E-state index is -1.42. The quantitative estimate of drug-likeness (QED) is 0.587. The van der Waals surface area contributed by atoms with E-state index in [1.165, 1.54) is 19.6 Å². The SMILES string of the molecule is CCN(CC)CC.CCP(=S)(S)S. The van der Waals surface area contributed by atoms with Gasteiger partial charge in [-0.1, -0.05) is 39.5 Å². The van der Waals surface area contributed by atoms with Gasteiger partial charge in [0.05, 0.1) is 4.44 Å². The molecule has 0 amide bonds. The van der Waals surface area contributed by atoms with Crippen LogP contribution in [0.15, 0.2) is 0 Å². The molecular formula is C8H22NPS3. The summed E-state index contributed by atoms with van der Waals surface area (Å²) in [4.78, 5) is 2.38. The normalized spacial score (nSPS) is 11.0. The molecule has 0 bridgehead atoms. The van der Waals surface area contributed by atoms with Gasteiger partial charge in [0.25, 0.3) is 0 Å². The molecule has 0 rings (SSSR count). The van der Waals surface area contributed by atoms with E-state index in [1.807, 2.05) is 6.92 Å². The van der Waals surface area contributed by atoms with Gasteiger partial charge in [-0.25, -0.2) is 0 Å². The van der Waals surface area contributed by atoms with Gasteiger partial charge in [0.15, 0.2) is 0 Å². The van der Waals surface area contributed by atoms with Gasteiger partial charge in [0.1, 0.15) is 0 Å². The number of rotatable bonds is 4. The van der Waals surface area contributed by atoms with Gasteiger partial charge in [-0.15, -0.1) is 24.5 Å². The number of hydrogen-bond donors (Lipinski definition) is 2. The van der Waals surface area contributed by atoms with Gasteiger partial charge < -0.3 is 4.90 Å². The smallest absolute Gasteiger partial charge is 0.0511 e. The second-order valence-corrected chi connectivity index (χ2v) is 13.1. The molecule has 5 heteroatoms. The summed E-state index contributed by atoms with van der Waals surface area (Å²) in [7, 11) is 0. The van der Waals surface area contributed by atoms with Crippen LogP contribution in [0.1, 0.15) is 27.7 Å². The van der Waals surface area contributed by atoms with E-state index in [9.17, 15) is 0 Å². The molecule has 0 saturated carbocycles. The Bertz CT molecular complexity index is 137. The van der Waals surface area contributed by atoms with Crippen molar-refractivity contribution in [3.8, 4) is 0 Å². The molecule has 1 nitrogen and oxygen atoms in total. The van der Waals surface area contributed by atoms with E-state index in [1.54, 1.807) is 0 Å². The van der Waals surface area contributed by atoms with E-state index >= 15 is 0 Å². The highest BCUT2D eigenvalue weighted by molar-refractivity contribution is 8.92. The second kappa shape index (κ2) is 9.85. The molecule has 0 aromatic heterocycles. The summed E-state index contributed by atoms with van der Waals surface area (Å²) in [5, 5.41) is 0. The Morgan fingerprint density at radius 2 is 1.23 bits per heavy atom. The van der Waals surface area contributed by atoms with Gasteiger partial charge in [-0.2, -0.15) is 0 Å². The van der Waals surface area contributed by atoms with Crippen molar-refractivity contribution in [3.05, 3.63) is 0 Å². The Morgan fingerprint density at radius 1 is 1.00 bits per heavy atom. The fourth-order valence-electron chi connectivity index (χ4n) is 0.671. The maximum absolute atomic E-state index is 4.83. The summed E-state index contributed by atoms with van der Waals surface area (Å²) >= 11 is 12.9. The number of hydrogen-bond acceptors (Lipinski definition) is 2. The Hall–Kier alpha value is 1.31. The van der Waals surface area contributed by atoms with E-state index in [0.717, 1.165) is 6.16 Å². The molecule has 82 valence electrons. The van der Waals surface area contributed by atoms with Crippen LogP contribution in [0.2, 0.25) is 0 Å². The average molecular weight is 259 g/mol. The molecule has 0 aromatic carbocycles. The number of thiol groups is 2. The third-order valence-electron chi connectivity index (χ3n) is 1.75. The first-order chi connectivity index (χ1) is 5.91. The molecule has 0 aliphatic rings. The van der Waals surface area contributed by atoms with Crippen LogP contribution in [0.4, 0.5) is 0 Å². The lowest BCUT2D eigenvalue weighted by Gasteiger charge is -2.13. The zero-order valence-corrected chi connectivity index (χ0v) is 12.5. The highest BCUT2D eigenvalue weighted by atomic mass is 33.2. The van der Waals surface area contributed by atoms with Crippen LogP contribution in [-0.2, 0) is 11.8 Å². The predicted octanol–water partition coefficient (Wildman–Crippen LogP) is 3.52. The van der Waals surface area contributed by atoms with Crippen molar-refractivity contribution in [1.29, 1.82) is 0 Å². The van der Waals surface area contributed by atoms with Crippen LogP contribution in [0.5, 0.6) is 0 Å². The fraction of sp³-hybridized carbons (Fsp3) is 1.00. The second-order valence-electron chi connectivity index (χ2n) is 2.60. The zero-order chi connectivity index (χ0) is 10.9. The van der Waals surface area contributed by atoms with Gasteiger partial charge in [0, 0.05) is 0 Å². The van der Waals surface area contributed by atoms with Crippen molar-refractivity contribution in [1.82, 2.24) is 4.90 Å². The fourth-order valence-corrected chi connectivity index (χ4v) is 0.671. The van der Waals surface area contributed by atoms with Crippen molar-refractivity contribution >= 4 is 40.7 Å². The summed E-state index contributed by atoms with van der Waals surface area (Å²) in [5.41, 5.74) is 0. The van der Waals surface area contributed by atoms with E-state index in [4.69, 9.17) is 11.8 Å². The Kier molecular flexibility index (Phi) is 12.7. The van der Waals surface area contributed by atoms with Crippen molar-refractivity contribution in [3.63, 3.8) is 0 Å². The highest BCUT2D eigenvalue weighted by Gasteiger charge is 1.95. The molecule has 0 unspecified atom stereocenters. The van der Waals surface area contributed by atoms with E-state index in [0.29, 0.717) is 0 Å². The standard InChI is InChI=1S/C6H15N.C2H7PS3/c1-4-7(5-2)6-3;1-2-3(4,5)6/h4-6H2,1-3H3;2H2,1H3,(H2,4,5,6). The summed E-state index contributed by atoms with van der Waals surface area (Å²) in [6, 6.07) is 0. The molecule has 0 N–H and O–H groups in total. The van der Waals surface area contributed by atoms with Crippen LogP contribution in [-0.4, -0.2) is 30.7 Å². The summed E-state index contributed by atoms with van der Waals surface area (Å²) < 4.78 is -1.42. The minimum absolute atomic E-state index is 0.925. The minimum Gasteiger partial charge on any atom is -0.304 e. The number of nitrogens with zero attached hydrogens (tertiary/aromatic N) is 1. The molecule has 0 aromatic rings. The lowest BCUT2D eigenvalue weighted by molar-refractivity contribution is 0.321. The molecule has 0 heterocycles. The lowest BCUT2D eigenvalue weighted by atomic mass is 10.5. The maximum atomic E-state index is 4.83. The molecule has 13 heavy (non-hydrogen) atoms. The Labute approximate surface area is 99.0 Å². The van der Waals surface area contributed by atoms with Crippen LogP contribution >= 0.6 is 28.9 Å². The Morgan fingerprint density at radius 3 is 1.23 bits per heavy atom. The average Bonchev–Trinajstić information content (AvgIpc) is 2.07. The van der Waals surface area contributed by atoms with Crippen LogP contribution < -0.4 is 0 Å². The van der Waals surface area contributed by atoms with Crippen molar-refractivity contribution in [2.45, 2.75) is 27.7 Å². The first-order valence-corrected chi connectivity index (χ1v) is 9.97. The largest absolute Gasteiger partial charge is 0.304 e. The third kappa shape index (κ3) is 16.0. The Balaban J connectivity index is 0. The summed E-state index contributed by atoms with van der Waals surface area (Å²) in [6.45, 7) is 12.1. The van der Waals surface area contributed by atoms with Crippen LogP contribution in [0.3, 0.4) is 0 Å². The van der Waals surface area contributed by atoms with Crippen LogP contribution in [0.25, 0.3) is 0 Å². The molecule has 0 aliphatic carbocycles. The predicted molar refractivity (Wildman–Crippen MR) is 76.3 cm³/mol. The molecule has 0 fully saturated rings. The molecule has 0 atom stereocenters. The summed E-state index contributed by atoms with van der Waals surface area (Å²) in [6.07, 6.45) is 0.925. The monoisotopic (exact) mass is 259 g/mol. The molecule has 0 saturated heterocycles. The third-order valence-corrected chi connectivity index (χ3v) is 5.05. The maximum Gasteiger partial charge on any atom is 0.0511 e. The molecule has 0 spiro atoms.